The molecule has 4 aromatic rings. The van der Waals surface area contributed by atoms with Crippen LogP contribution in [-0.4, -0.2) is 10.2 Å². The van der Waals surface area contributed by atoms with Crippen molar-refractivity contribution in [2.75, 3.05) is 5.32 Å². The molecule has 3 aromatic carbocycles. The quantitative estimate of drug-likeness (QED) is 0.466. The number of benzene rings is 3. The summed E-state index contributed by atoms with van der Waals surface area (Å²) in [5.74, 6) is 3.27. The van der Waals surface area contributed by atoms with Gasteiger partial charge in [-0.1, -0.05) is 36.4 Å². The van der Waals surface area contributed by atoms with E-state index >= 15 is 0 Å². The second kappa shape index (κ2) is 8.73. The SMILES string of the molecule is c1ccc(OCc2nnc(CNc3ccc(Oc4ccccc4)cc3)o2)cc1. The standard InChI is InChI=1S/C22H19N3O3/c1-3-7-18(8-4-1)26-16-22-25-24-21(28-22)15-23-17-11-13-20(14-12-17)27-19-9-5-2-6-10-19/h1-14,23H,15-16H2. The van der Waals surface area contributed by atoms with Gasteiger partial charge in [-0.05, 0) is 48.5 Å². The van der Waals surface area contributed by atoms with E-state index in [4.69, 9.17) is 13.9 Å². The minimum absolute atomic E-state index is 0.239. The molecule has 0 amide bonds. The number of para-hydroxylation sites is 2. The molecule has 0 atom stereocenters. The summed E-state index contributed by atoms with van der Waals surface area (Å²) < 4.78 is 17.0. The summed E-state index contributed by atoms with van der Waals surface area (Å²) in [7, 11) is 0. The topological polar surface area (TPSA) is 69.4 Å². The summed E-state index contributed by atoms with van der Waals surface area (Å²) in [6.07, 6.45) is 0. The van der Waals surface area contributed by atoms with Gasteiger partial charge in [-0.3, -0.25) is 0 Å². The van der Waals surface area contributed by atoms with Crippen LogP contribution in [0.2, 0.25) is 0 Å². The van der Waals surface area contributed by atoms with Crippen LogP contribution in [-0.2, 0) is 13.2 Å². The van der Waals surface area contributed by atoms with Gasteiger partial charge in [0.25, 0.3) is 5.89 Å². The minimum atomic E-state index is 0.239. The van der Waals surface area contributed by atoms with Crippen molar-refractivity contribution in [3.8, 4) is 17.2 Å². The first-order valence-corrected chi connectivity index (χ1v) is 8.91. The fraction of sp³-hybridized carbons (Fsp3) is 0.0909. The largest absolute Gasteiger partial charge is 0.484 e. The smallest absolute Gasteiger partial charge is 0.253 e. The number of rotatable bonds is 8. The Balaban J connectivity index is 1.27. The number of aromatic nitrogens is 2. The second-order valence-corrected chi connectivity index (χ2v) is 5.98. The van der Waals surface area contributed by atoms with E-state index in [1.54, 1.807) is 0 Å². The van der Waals surface area contributed by atoms with Crippen LogP contribution in [0, 0.1) is 0 Å². The van der Waals surface area contributed by atoms with Gasteiger partial charge in [0.15, 0.2) is 6.61 Å². The summed E-state index contributed by atoms with van der Waals surface area (Å²) in [5, 5.41) is 11.3. The van der Waals surface area contributed by atoms with E-state index in [0.717, 1.165) is 22.9 Å². The first-order chi connectivity index (χ1) is 13.8. The Kier molecular flexibility index (Phi) is 5.49. The van der Waals surface area contributed by atoms with Crippen LogP contribution in [0.25, 0.3) is 0 Å². The van der Waals surface area contributed by atoms with E-state index in [2.05, 4.69) is 15.5 Å². The van der Waals surface area contributed by atoms with Crippen LogP contribution in [0.4, 0.5) is 5.69 Å². The maximum Gasteiger partial charge on any atom is 0.253 e. The number of ether oxygens (including phenoxy) is 2. The van der Waals surface area contributed by atoms with Crippen LogP contribution < -0.4 is 14.8 Å². The van der Waals surface area contributed by atoms with Gasteiger partial charge >= 0.3 is 0 Å². The summed E-state index contributed by atoms with van der Waals surface area (Å²) in [5.41, 5.74) is 0.931. The predicted molar refractivity (Wildman–Crippen MR) is 105 cm³/mol. The lowest BCUT2D eigenvalue weighted by atomic mass is 10.3. The zero-order chi connectivity index (χ0) is 19.0. The molecule has 140 valence electrons. The molecule has 1 N–H and O–H groups in total. The second-order valence-electron chi connectivity index (χ2n) is 5.98. The van der Waals surface area contributed by atoms with E-state index in [-0.39, 0.29) is 6.61 Å². The number of hydrogen-bond donors (Lipinski definition) is 1. The molecule has 0 spiro atoms. The Labute approximate surface area is 162 Å². The zero-order valence-corrected chi connectivity index (χ0v) is 15.1. The molecule has 6 heteroatoms. The normalized spacial score (nSPS) is 10.4. The van der Waals surface area contributed by atoms with Crippen LogP contribution in [0.3, 0.4) is 0 Å². The highest BCUT2D eigenvalue weighted by Gasteiger charge is 2.07. The van der Waals surface area contributed by atoms with E-state index in [9.17, 15) is 0 Å². The summed E-state index contributed by atoms with van der Waals surface area (Å²) in [6.45, 7) is 0.666. The van der Waals surface area contributed by atoms with Crippen LogP contribution >= 0.6 is 0 Å². The molecule has 1 aromatic heterocycles. The van der Waals surface area contributed by atoms with Gasteiger partial charge in [0.05, 0.1) is 6.54 Å². The fourth-order valence-corrected chi connectivity index (χ4v) is 2.52. The molecule has 1 heterocycles. The molecular formula is C22H19N3O3. The summed E-state index contributed by atoms with van der Waals surface area (Å²) in [4.78, 5) is 0. The molecule has 0 unspecified atom stereocenters. The molecule has 0 fully saturated rings. The van der Waals surface area contributed by atoms with Gasteiger partial charge in [0.2, 0.25) is 5.89 Å². The molecule has 0 radical (unpaired) electrons. The lowest BCUT2D eigenvalue weighted by Crippen LogP contribution is -1.99. The third-order valence-electron chi connectivity index (χ3n) is 3.89. The highest BCUT2D eigenvalue weighted by Crippen LogP contribution is 2.22. The number of nitrogens with one attached hydrogen (secondary N) is 1. The Morgan fingerprint density at radius 3 is 2.00 bits per heavy atom. The number of nitrogens with zero attached hydrogens (tertiary/aromatic N) is 2. The maximum atomic E-state index is 5.78. The van der Waals surface area contributed by atoms with Crippen molar-refractivity contribution in [1.82, 2.24) is 10.2 Å². The molecule has 28 heavy (non-hydrogen) atoms. The maximum absolute atomic E-state index is 5.78. The Morgan fingerprint density at radius 1 is 0.679 bits per heavy atom. The molecule has 0 aliphatic carbocycles. The van der Waals surface area contributed by atoms with E-state index in [1.807, 2.05) is 84.9 Å². The van der Waals surface area contributed by atoms with Crippen LogP contribution in [0.5, 0.6) is 17.2 Å². The van der Waals surface area contributed by atoms with E-state index in [1.165, 1.54) is 0 Å². The predicted octanol–water partition coefficient (Wildman–Crippen LogP) is 5.05. The van der Waals surface area contributed by atoms with E-state index < -0.39 is 0 Å². The summed E-state index contributed by atoms with van der Waals surface area (Å²) in [6, 6.07) is 26.9. The molecule has 0 bridgehead atoms. The molecule has 0 saturated heterocycles. The average Bonchev–Trinajstić information content (AvgIpc) is 3.21. The third kappa shape index (κ3) is 4.88. The molecule has 0 aliphatic heterocycles. The van der Waals surface area contributed by atoms with Crippen molar-refractivity contribution in [3.05, 3.63) is 96.7 Å². The van der Waals surface area contributed by atoms with Crippen molar-refractivity contribution in [1.29, 1.82) is 0 Å². The van der Waals surface area contributed by atoms with Crippen molar-refractivity contribution >= 4 is 5.69 Å². The molecule has 0 saturated carbocycles. The lowest BCUT2D eigenvalue weighted by molar-refractivity contribution is 0.259. The van der Waals surface area contributed by atoms with Gasteiger partial charge in [-0.2, -0.15) is 0 Å². The lowest BCUT2D eigenvalue weighted by Gasteiger charge is -2.07. The van der Waals surface area contributed by atoms with Crippen LogP contribution in [0.15, 0.2) is 89.3 Å². The first kappa shape index (κ1) is 17.6. The van der Waals surface area contributed by atoms with Gasteiger partial charge in [0.1, 0.15) is 17.2 Å². The summed E-state index contributed by atoms with van der Waals surface area (Å²) >= 11 is 0. The van der Waals surface area contributed by atoms with Crippen LogP contribution in [0.1, 0.15) is 11.8 Å². The Bertz CT molecular complexity index is 986. The van der Waals surface area contributed by atoms with Crippen molar-refractivity contribution in [2.24, 2.45) is 0 Å². The fourth-order valence-electron chi connectivity index (χ4n) is 2.52. The average molecular weight is 373 g/mol. The van der Waals surface area contributed by atoms with Gasteiger partial charge in [0, 0.05) is 5.69 Å². The monoisotopic (exact) mass is 373 g/mol. The number of anilines is 1. The van der Waals surface area contributed by atoms with Gasteiger partial charge < -0.3 is 19.2 Å². The molecule has 0 aliphatic rings. The number of hydrogen-bond acceptors (Lipinski definition) is 6. The van der Waals surface area contributed by atoms with Crippen molar-refractivity contribution in [2.45, 2.75) is 13.2 Å². The highest BCUT2D eigenvalue weighted by atomic mass is 16.5. The highest BCUT2D eigenvalue weighted by molar-refractivity contribution is 5.47. The van der Waals surface area contributed by atoms with Crippen molar-refractivity contribution < 1.29 is 13.9 Å². The third-order valence-corrected chi connectivity index (χ3v) is 3.89. The zero-order valence-electron chi connectivity index (χ0n) is 15.1. The Morgan fingerprint density at radius 2 is 1.29 bits per heavy atom. The van der Waals surface area contributed by atoms with E-state index in [0.29, 0.717) is 18.3 Å². The Hall–Kier alpha value is -3.80. The van der Waals surface area contributed by atoms with Gasteiger partial charge in [-0.15, -0.1) is 10.2 Å². The first-order valence-electron chi connectivity index (χ1n) is 8.91. The minimum Gasteiger partial charge on any atom is -0.484 e. The molecular weight excluding hydrogens is 354 g/mol. The molecule has 4 rings (SSSR count). The molecule has 6 nitrogen and oxygen atoms in total. The van der Waals surface area contributed by atoms with Crippen molar-refractivity contribution in [3.63, 3.8) is 0 Å². The van der Waals surface area contributed by atoms with Gasteiger partial charge in [-0.25, -0.2) is 0 Å².